The third-order valence-electron chi connectivity index (χ3n) is 4.12. The molecule has 0 saturated carbocycles. The van der Waals surface area contributed by atoms with Crippen LogP contribution >= 0.6 is 0 Å². The molecule has 6 atom stereocenters. The molecule has 1 aromatic rings. The zero-order valence-electron chi connectivity index (χ0n) is 14.2. The maximum absolute atomic E-state index is 11.9. The molecule has 10 heteroatoms. The van der Waals surface area contributed by atoms with Crippen LogP contribution in [0.25, 0.3) is 0 Å². The molecule has 1 saturated heterocycles. The van der Waals surface area contributed by atoms with Crippen LogP contribution in [-0.4, -0.2) is 79.4 Å². The first kappa shape index (κ1) is 21.1. The predicted molar refractivity (Wildman–Crippen MR) is 87.5 cm³/mol. The van der Waals surface area contributed by atoms with Crippen molar-refractivity contribution in [2.45, 2.75) is 56.1 Å². The molecule has 1 heterocycles. The second-order valence-corrected chi connectivity index (χ2v) is 6.29. The first-order chi connectivity index (χ1) is 12.7. The molecule has 1 aromatic carbocycles. The van der Waals surface area contributed by atoms with Crippen molar-refractivity contribution >= 4 is 11.9 Å². The third kappa shape index (κ3) is 5.62. The number of carbonyl (C=O) groups excluding carboxylic acids is 1. The molecule has 150 valence electrons. The van der Waals surface area contributed by atoms with Gasteiger partial charge >= 0.3 is 11.9 Å². The molecule has 0 radical (unpaired) electrons. The number of aliphatic hydroxyl groups is 4. The van der Waals surface area contributed by atoms with Gasteiger partial charge in [0.1, 0.15) is 24.1 Å². The second-order valence-electron chi connectivity index (χ2n) is 6.29. The van der Waals surface area contributed by atoms with Gasteiger partial charge < -0.3 is 40.1 Å². The van der Waals surface area contributed by atoms with E-state index < -0.39 is 48.7 Å². The number of hydrogen-bond donors (Lipinski definition) is 6. The Hall–Kier alpha value is -2.24. The quantitative estimate of drug-likeness (QED) is 0.303. The van der Waals surface area contributed by atoms with E-state index in [0.717, 1.165) is 0 Å². The number of aliphatic hydroxyl groups excluding tert-OH is 4. The number of benzene rings is 1. The van der Waals surface area contributed by atoms with Crippen molar-refractivity contribution in [2.24, 2.45) is 0 Å². The Morgan fingerprint density at radius 1 is 1.15 bits per heavy atom. The first-order valence-electron chi connectivity index (χ1n) is 8.27. The van der Waals surface area contributed by atoms with E-state index in [2.05, 4.69) is 0 Å². The van der Waals surface area contributed by atoms with Crippen LogP contribution in [0.5, 0.6) is 5.75 Å². The summed E-state index contributed by atoms with van der Waals surface area (Å²) >= 11 is 0. The molecule has 1 fully saturated rings. The summed E-state index contributed by atoms with van der Waals surface area (Å²) in [5.41, 5.74) is 0.670. The fourth-order valence-corrected chi connectivity index (χ4v) is 2.68. The number of hydrogen-bond acceptors (Lipinski definition) is 9. The van der Waals surface area contributed by atoms with Gasteiger partial charge in [-0.1, -0.05) is 12.1 Å². The molecule has 2 rings (SSSR count). The zero-order valence-corrected chi connectivity index (χ0v) is 14.2. The van der Waals surface area contributed by atoms with Gasteiger partial charge in [0.25, 0.3) is 0 Å². The molecule has 27 heavy (non-hydrogen) atoms. The smallest absolute Gasteiger partial charge is 0.335 e. The summed E-state index contributed by atoms with van der Waals surface area (Å²) in [4.78, 5) is 22.9. The van der Waals surface area contributed by atoms with Gasteiger partial charge in [-0.05, 0) is 30.5 Å². The van der Waals surface area contributed by atoms with Crippen molar-refractivity contribution in [1.82, 2.24) is 0 Å². The lowest BCUT2D eigenvalue weighted by Crippen LogP contribution is -2.60. The monoisotopic (exact) mass is 386 g/mol. The maximum Gasteiger partial charge on any atom is 0.335 e. The highest BCUT2D eigenvalue weighted by atomic mass is 16.7. The van der Waals surface area contributed by atoms with E-state index >= 15 is 0 Å². The van der Waals surface area contributed by atoms with Crippen LogP contribution in [0, 0.1) is 0 Å². The molecule has 0 aliphatic carbocycles. The van der Waals surface area contributed by atoms with Crippen molar-refractivity contribution in [1.29, 1.82) is 0 Å². The fourth-order valence-electron chi connectivity index (χ4n) is 2.68. The molecule has 6 N–H and O–H groups in total. The van der Waals surface area contributed by atoms with Gasteiger partial charge in [0.15, 0.2) is 6.10 Å². The first-order valence-corrected chi connectivity index (χ1v) is 8.27. The Morgan fingerprint density at radius 2 is 1.85 bits per heavy atom. The Morgan fingerprint density at radius 3 is 2.48 bits per heavy atom. The SMILES string of the molecule is O=C(CCC(O)Cc1cccc(O)c1)OC1OC(C(=O)O)C(O)C(O)C1O. The fraction of sp³-hybridized carbons (Fsp3) is 0.529. The number of aliphatic carboxylic acids is 1. The molecule has 0 amide bonds. The number of carboxylic acid groups (broad SMARTS) is 1. The molecule has 1 aliphatic heterocycles. The zero-order chi connectivity index (χ0) is 20.1. The Bertz CT molecular complexity index is 663. The van der Waals surface area contributed by atoms with Crippen LogP contribution in [0.4, 0.5) is 0 Å². The van der Waals surface area contributed by atoms with Gasteiger partial charge in [-0.2, -0.15) is 0 Å². The van der Waals surface area contributed by atoms with E-state index in [1.165, 1.54) is 12.1 Å². The van der Waals surface area contributed by atoms with Gasteiger partial charge in [0.05, 0.1) is 6.10 Å². The van der Waals surface area contributed by atoms with E-state index in [1.807, 2.05) is 0 Å². The molecular weight excluding hydrogens is 364 g/mol. The van der Waals surface area contributed by atoms with Gasteiger partial charge in [-0.15, -0.1) is 0 Å². The minimum Gasteiger partial charge on any atom is -0.508 e. The van der Waals surface area contributed by atoms with Crippen LogP contribution < -0.4 is 0 Å². The molecule has 10 nitrogen and oxygen atoms in total. The number of phenols is 1. The topological polar surface area (TPSA) is 174 Å². The molecule has 0 bridgehead atoms. The van der Waals surface area contributed by atoms with Gasteiger partial charge in [-0.25, -0.2) is 4.79 Å². The number of carboxylic acids is 1. The highest BCUT2D eigenvalue weighted by Crippen LogP contribution is 2.23. The lowest BCUT2D eigenvalue weighted by atomic mass is 9.99. The van der Waals surface area contributed by atoms with Crippen molar-refractivity contribution in [2.75, 3.05) is 0 Å². The summed E-state index contributed by atoms with van der Waals surface area (Å²) in [7, 11) is 0. The Kier molecular flexibility index (Phi) is 7.11. The number of esters is 1. The van der Waals surface area contributed by atoms with E-state index in [9.17, 15) is 35.1 Å². The van der Waals surface area contributed by atoms with Crippen molar-refractivity contribution in [3.8, 4) is 5.75 Å². The summed E-state index contributed by atoms with van der Waals surface area (Å²) in [6.45, 7) is 0. The standard InChI is InChI=1S/C17H22O10/c18-9-3-1-2-8(6-9)7-10(19)4-5-11(20)26-17-14(23)12(21)13(22)15(27-17)16(24)25/h1-3,6,10,12-15,17-19,21-23H,4-5,7H2,(H,24,25). The number of phenolic OH excluding ortho intramolecular Hbond substituents is 1. The van der Waals surface area contributed by atoms with E-state index in [1.54, 1.807) is 12.1 Å². The average molecular weight is 386 g/mol. The van der Waals surface area contributed by atoms with Gasteiger partial charge in [0.2, 0.25) is 6.29 Å². The molecule has 6 unspecified atom stereocenters. The average Bonchev–Trinajstić information content (AvgIpc) is 2.60. The molecule has 0 aromatic heterocycles. The van der Waals surface area contributed by atoms with Crippen LogP contribution in [0.1, 0.15) is 18.4 Å². The van der Waals surface area contributed by atoms with Crippen LogP contribution in [0.3, 0.4) is 0 Å². The van der Waals surface area contributed by atoms with Crippen LogP contribution in [0.2, 0.25) is 0 Å². The van der Waals surface area contributed by atoms with Gasteiger partial charge in [0, 0.05) is 6.42 Å². The van der Waals surface area contributed by atoms with E-state index in [4.69, 9.17) is 14.6 Å². The summed E-state index contributed by atoms with van der Waals surface area (Å²) < 4.78 is 9.66. The van der Waals surface area contributed by atoms with Crippen LogP contribution in [-0.2, 0) is 25.5 Å². The second kappa shape index (κ2) is 9.11. The lowest BCUT2D eigenvalue weighted by Gasteiger charge is -2.37. The summed E-state index contributed by atoms with van der Waals surface area (Å²) in [5, 5.41) is 57.3. The number of ether oxygens (including phenoxy) is 2. The van der Waals surface area contributed by atoms with E-state index in [0.29, 0.717) is 5.56 Å². The largest absolute Gasteiger partial charge is 0.508 e. The van der Waals surface area contributed by atoms with Crippen molar-refractivity contribution in [3.05, 3.63) is 29.8 Å². The van der Waals surface area contributed by atoms with Crippen molar-refractivity contribution < 1.29 is 49.7 Å². The van der Waals surface area contributed by atoms with E-state index in [-0.39, 0.29) is 25.0 Å². The lowest BCUT2D eigenvalue weighted by molar-refractivity contribution is -0.286. The number of aromatic hydroxyl groups is 1. The third-order valence-corrected chi connectivity index (χ3v) is 4.12. The summed E-state index contributed by atoms with van der Waals surface area (Å²) in [6.07, 6.45) is -10.2. The molecular formula is C17H22O10. The highest BCUT2D eigenvalue weighted by molar-refractivity contribution is 5.73. The van der Waals surface area contributed by atoms with Crippen LogP contribution in [0.15, 0.2) is 24.3 Å². The number of carbonyl (C=O) groups is 2. The summed E-state index contributed by atoms with van der Waals surface area (Å²) in [5.74, 6) is -2.42. The molecule has 0 spiro atoms. The Labute approximate surface area is 154 Å². The van der Waals surface area contributed by atoms with Gasteiger partial charge in [-0.3, -0.25) is 4.79 Å². The number of rotatable bonds is 7. The normalized spacial score (nSPS) is 29.1. The minimum atomic E-state index is -1.88. The Balaban J connectivity index is 1.84. The van der Waals surface area contributed by atoms with Crippen molar-refractivity contribution in [3.63, 3.8) is 0 Å². The molecule has 1 aliphatic rings. The highest BCUT2D eigenvalue weighted by Gasteiger charge is 2.48. The maximum atomic E-state index is 11.9. The minimum absolute atomic E-state index is 0.00480. The summed E-state index contributed by atoms with van der Waals surface area (Å²) in [6, 6.07) is 6.28. The predicted octanol–water partition coefficient (Wildman–Crippen LogP) is -1.49.